The molecule has 1 aliphatic rings. The second-order valence-corrected chi connectivity index (χ2v) is 5.83. The number of carbonyl (C=O) groups is 1. The Morgan fingerprint density at radius 3 is 2.78 bits per heavy atom. The fourth-order valence-corrected chi connectivity index (χ4v) is 2.96. The van der Waals surface area contributed by atoms with Crippen molar-refractivity contribution in [3.8, 4) is 0 Å². The van der Waals surface area contributed by atoms with Crippen molar-refractivity contribution in [1.29, 1.82) is 0 Å². The fourth-order valence-electron chi connectivity index (χ4n) is 2.78. The summed E-state index contributed by atoms with van der Waals surface area (Å²) in [5.74, 6) is 0. The SMILES string of the molecule is CCn1cnc(C)c1CN1CCN(c2cccc(Cl)c2)C1=O.Cl. The summed E-state index contributed by atoms with van der Waals surface area (Å²) >= 11 is 6.02. The summed E-state index contributed by atoms with van der Waals surface area (Å²) in [5, 5.41) is 0.642. The summed E-state index contributed by atoms with van der Waals surface area (Å²) in [4.78, 5) is 20.6. The summed E-state index contributed by atoms with van der Waals surface area (Å²) in [6.45, 7) is 6.90. The molecule has 2 aromatic rings. The highest BCUT2D eigenvalue weighted by Crippen LogP contribution is 2.24. The molecule has 0 spiro atoms. The number of carbonyl (C=O) groups excluding carboxylic acids is 1. The van der Waals surface area contributed by atoms with Crippen LogP contribution < -0.4 is 4.90 Å². The lowest BCUT2D eigenvalue weighted by Gasteiger charge is -2.19. The topological polar surface area (TPSA) is 41.4 Å². The van der Waals surface area contributed by atoms with Crippen LogP contribution in [0.4, 0.5) is 10.5 Å². The monoisotopic (exact) mass is 354 g/mol. The van der Waals surface area contributed by atoms with Gasteiger partial charge in [0, 0.05) is 30.3 Å². The van der Waals surface area contributed by atoms with Gasteiger partial charge in [-0.2, -0.15) is 0 Å². The molecule has 1 saturated heterocycles. The van der Waals surface area contributed by atoms with Gasteiger partial charge in [-0.15, -0.1) is 12.4 Å². The van der Waals surface area contributed by atoms with Gasteiger partial charge in [0.1, 0.15) is 0 Å². The Morgan fingerprint density at radius 2 is 2.09 bits per heavy atom. The molecule has 2 amide bonds. The number of anilines is 1. The highest BCUT2D eigenvalue weighted by Gasteiger charge is 2.30. The molecular weight excluding hydrogens is 335 g/mol. The first-order valence-electron chi connectivity index (χ1n) is 7.42. The average Bonchev–Trinajstić information content (AvgIpc) is 3.04. The van der Waals surface area contributed by atoms with E-state index in [0.717, 1.165) is 23.6 Å². The number of halogens is 2. The summed E-state index contributed by atoms with van der Waals surface area (Å²) in [5.41, 5.74) is 2.93. The number of imidazole rings is 1. The predicted octanol–water partition coefficient (Wildman–Crippen LogP) is 3.73. The average molecular weight is 355 g/mol. The van der Waals surface area contributed by atoms with Crippen LogP contribution in [0, 0.1) is 6.92 Å². The molecule has 5 nitrogen and oxygen atoms in total. The highest BCUT2D eigenvalue weighted by atomic mass is 35.5. The lowest BCUT2D eigenvalue weighted by molar-refractivity contribution is 0.217. The molecular formula is C16H20Cl2N4O. The second-order valence-electron chi connectivity index (χ2n) is 5.40. The van der Waals surface area contributed by atoms with E-state index in [1.54, 1.807) is 4.90 Å². The van der Waals surface area contributed by atoms with Crippen molar-refractivity contribution in [2.45, 2.75) is 26.9 Å². The van der Waals surface area contributed by atoms with Gasteiger partial charge in [-0.05, 0) is 32.0 Å². The Hall–Kier alpha value is -1.72. The van der Waals surface area contributed by atoms with E-state index in [9.17, 15) is 4.79 Å². The molecule has 1 aliphatic heterocycles. The lowest BCUT2D eigenvalue weighted by Crippen LogP contribution is -2.32. The number of benzene rings is 1. The lowest BCUT2D eigenvalue weighted by atomic mass is 10.3. The number of amides is 2. The van der Waals surface area contributed by atoms with Crippen molar-refractivity contribution in [2.75, 3.05) is 18.0 Å². The third-order valence-electron chi connectivity index (χ3n) is 4.05. The Balaban J connectivity index is 0.00000192. The molecule has 2 heterocycles. The van der Waals surface area contributed by atoms with E-state index in [1.165, 1.54) is 0 Å². The first-order chi connectivity index (χ1) is 10.6. The van der Waals surface area contributed by atoms with Gasteiger partial charge in [-0.25, -0.2) is 9.78 Å². The molecule has 0 atom stereocenters. The Bertz CT molecular complexity index is 701. The van der Waals surface area contributed by atoms with E-state index in [4.69, 9.17) is 11.6 Å². The molecule has 3 rings (SSSR count). The third-order valence-corrected chi connectivity index (χ3v) is 4.29. The molecule has 124 valence electrons. The third kappa shape index (κ3) is 3.46. The predicted molar refractivity (Wildman–Crippen MR) is 94.5 cm³/mol. The van der Waals surface area contributed by atoms with Crippen LogP contribution in [-0.4, -0.2) is 33.6 Å². The molecule has 0 radical (unpaired) electrons. The summed E-state index contributed by atoms with van der Waals surface area (Å²) < 4.78 is 2.09. The van der Waals surface area contributed by atoms with Gasteiger partial charge < -0.3 is 9.47 Å². The zero-order chi connectivity index (χ0) is 15.7. The standard InChI is InChI=1S/C16H19ClN4O.ClH/c1-3-19-11-18-12(2)15(19)10-20-7-8-21(16(20)22)14-6-4-5-13(17)9-14;/h4-6,9,11H,3,7-8,10H2,1-2H3;1H. The van der Waals surface area contributed by atoms with Crippen molar-refractivity contribution in [2.24, 2.45) is 0 Å². The molecule has 0 saturated carbocycles. The molecule has 0 N–H and O–H groups in total. The van der Waals surface area contributed by atoms with E-state index in [1.807, 2.05) is 42.4 Å². The maximum atomic E-state index is 12.6. The van der Waals surface area contributed by atoms with Gasteiger partial charge in [0.05, 0.1) is 24.3 Å². The molecule has 0 aliphatic carbocycles. The largest absolute Gasteiger partial charge is 0.333 e. The van der Waals surface area contributed by atoms with E-state index >= 15 is 0 Å². The van der Waals surface area contributed by atoms with Crippen LogP contribution in [0.1, 0.15) is 18.3 Å². The van der Waals surface area contributed by atoms with Crippen LogP contribution in [0.15, 0.2) is 30.6 Å². The fraction of sp³-hybridized carbons (Fsp3) is 0.375. The molecule has 23 heavy (non-hydrogen) atoms. The van der Waals surface area contributed by atoms with Crippen LogP contribution in [-0.2, 0) is 13.1 Å². The van der Waals surface area contributed by atoms with Crippen LogP contribution in [0.5, 0.6) is 0 Å². The van der Waals surface area contributed by atoms with Crippen molar-refractivity contribution in [3.63, 3.8) is 0 Å². The van der Waals surface area contributed by atoms with Crippen LogP contribution in [0.25, 0.3) is 0 Å². The maximum absolute atomic E-state index is 12.6. The molecule has 0 bridgehead atoms. The minimum Gasteiger partial charge on any atom is -0.333 e. The minimum atomic E-state index is 0. The molecule has 1 aromatic heterocycles. The van der Waals surface area contributed by atoms with Gasteiger partial charge in [-0.3, -0.25) is 4.90 Å². The number of nitrogens with zero attached hydrogens (tertiary/aromatic N) is 4. The van der Waals surface area contributed by atoms with Crippen molar-refractivity contribution in [1.82, 2.24) is 14.5 Å². The van der Waals surface area contributed by atoms with Crippen LogP contribution >= 0.6 is 24.0 Å². The van der Waals surface area contributed by atoms with Gasteiger partial charge in [0.2, 0.25) is 0 Å². The van der Waals surface area contributed by atoms with Crippen molar-refractivity contribution in [3.05, 3.63) is 47.0 Å². The molecule has 1 fully saturated rings. The number of rotatable bonds is 4. The van der Waals surface area contributed by atoms with E-state index < -0.39 is 0 Å². The van der Waals surface area contributed by atoms with Crippen molar-refractivity contribution < 1.29 is 4.79 Å². The Labute approximate surface area is 147 Å². The minimum absolute atomic E-state index is 0. The van der Waals surface area contributed by atoms with Gasteiger partial charge in [0.25, 0.3) is 0 Å². The number of aromatic nitrogens is 2. The van der Waals surface area contributed by atoms with Gasteiger partial charge in [-0.1, -0.05) is 17.7 Å². The quantitative estimate of drug-likeness (QED) is 0.839. The maximum Gasteiger partial charge on any atom is 0.324 e. The second kappa shape index (κ2) is 7.23. The number of hydrogen-bond acceptors (Lipinski definition) is 2. The smallest absolute Gasteiger partial charge is 0.324 e. The Kier molecular flexibility index (Phi) is 5.55. The number of urea groups is 1. The summed E-state index contributed by atoms with van der Waals surface area (Å²) in [6, 6.07) is 7.43. The van der Waals surface area contributed by atoms with Crippen LogP contribution in [0.2, 0.25) is 5.02 Å². The number of aryl methyl sites for hydroxylation is 2. The molecule has 1 aromatic carbocycles. The highest BCUT2D eigenvalue weighted by molar-refractivity contribution is 6.30. The normalized spacial score (nSPS) is 14.3. The zero-order valence-electron chi connectivity index (χ0n) is 13.2. The van der Waals surface area contributed by atoms with E-state index in [0.29, 0.717) is 24.7 Å². The molecule has 0 unspecified atom stereocenters. The first-order valence-corrected chi connectivity index (χ1v) is 7.80. The Morgan fingerprint density at radius 1 is 1.30 bits per heavy atom. The first kappa shape index (κ1) is 17.6. The van der Waals surface area contributed by atoms with Crippen LogP contribution in [0.3, 0.4) is 0 Å². The van der Waals surface area contributed by atoms with Gasteiger partial charge in [0.15, 0.2) is 0 Å². The van der Waals surface area contributed by atoms with E-state index in [-0.39, 0.29) is 18.4 Å². The van der Waals surface area contributed by atoms with Gasteiger partial charge >= 0.3 is 6.03 Å². The van der Waals surface area contributed by atoms with E-state index in [2.05, 4.69) is 16.5 Å². The number of hydrogen-bond donors (Lipinski definition) is 0. The summed E-state index contributed by atoms with van der Waals surface area (Å²) in [6.07, 6.45) is 1.83. The summed E-state index contributed by atoms with van der Waals surface area (Å²) in [7, 11) is 0. The molecule has 7 heteroatoms. The van der Waals surface area contributed by atoms with Crippen molar-refractivity contribution >= 4 is 35.7 Å². The zero-order valence-corrected chi connectivity index (χ0v) is 14.8.